The molecule has 0 aromatic heterocycles. The Balaban J connectivity index is 0. The molecule has 0 aromatic carbocycles. The van der Waals surface area contributed by atoms with Crippen molar-refractivity contribution < 1.29 is 0 Å². The maximum atomic E-state index is 5.12. The molecule has 12 heavy (non-hydrogen) atoms. The van der Waals surface area contributed by atoms with Crippen LogP contribution in [0.5, 0.6) is 0 Å². The molecule has 0 saturated carbocycles. The van der Waals surface area contributed by atoms with E-state index < -0.39 is 7.59 Å². The van der Waals surface area contributed by atoms with Crippen molar-refractivity contribution in [2.24, 2.45) is 0 Å². The third-order valence-corrected chi connectivity index (χ3v) is 2.73. The summed E-state index contributed by atoms with van der Waals surface area (Å²) in [5.41, 5.74) is 0. The largest absolute Gasteiger partial charge is 0.203 e. The first-order valence-electron chi connectivity index (χ1n) is 2.38. The summed E-state index contributed by atoms with van der Waals surface area (Å²) >= 11 is 40.9. The molecule has 0 saturated heterocycles. The van der Waals surface area contributed by atoms with Gasteiger partial charge in [-0.3, -0.25) is 0 Å². The molecule has 0 heterocycles. The van der Waals surface area contributed by atoms with Crippen LogP contribution in [0.1, 0.15) is 0 Å². The highest BCUT2D eigenvalue weighted by molar-refractivity contribution is 6.70. The van der Waals surface area contributed by atoms with Gasteiger partial charge >= 0.3 is 0 Å². The van der Waals surface area contributed by atoms with Gasteiger partial charge in [-0.1, -0.05) is 69.6 Å². The van der Waals surface area contributed by atoms with Gasteiger partial charge in [0, 0.05) is 0 Å². The lowest BCUT2D eigenvalue weighted by Gasteiger charge is -2.00. The molecular formula is C4H4Cl8. The van der Waals surface area contributed by atoms with Crippen LogP contribution in [0.2, 0.25) is 0 Å². The first-order valence-corrected chi connectivity index (χ1v) is 5.71. The molecule has 0 atom stereocenters. The van der Waals surface area contributed by atoms with Gasteiger partial charge in [-0.25, -0.2) is 0 Å². The molecule has 0 unspecified atom stereocenters. The second-order valence-corrected chi connectivity index (χ2v) is 7.06. The zero-order chi connectivity index (χ0) is 10.4. The van der Waals surface area contributed by atoms with Crippen LogP contribution in [0.4, 0.5) is 0 Å². The molecule has 0 aliphatic rings. The molecule has 0 bridgehead atoms. The number of alkyl halides is 8. The predicted molar refractivity (Wildman–Crippen MR) is 62.0 cm³/mol. The van der Waals surface area contributed by atoms with E-state index in [9.17, 15) is 0 Å². The Morgan fingerprint density at radius 2 is 0.667 bits per heavy atom. The Kier molecular flexibility index (Phi) is 10.6. The maximum Gasteiger partial charge on any atom is 0.203 e. The number of hydrogen-bond donors (Lipinski definition) is 0. The Labute approximate surface area is 111 Å². The standard InChI is InChI=1S/2C2H2Cl4/c2*3-1-2(4,5)6/h2*1H2. The second kappa shape index (κ2) is 7.59. The summed E-state index contributed by atoms with van der Waals surface area (Å²) in [6.07, 6.45) is 0. The van der Waals surface area contributed by atoms with Gasteiger partial charge in [0.2, 0.25) is 7.59 Å². The van der Waals surface area contributed by atoms with Crippen LogP contribution in [0.15, 0.2) is 0 Å². The molecule has 0 amide bonds. The number of halogens is 8. The first-order chi connectivity index (χ1) is 5.12. The van der Waals surface area contributed by atoms with Gasteiger partial charge in [0.1, 0.15) is 0 Å². The van der Waals surface area contributed by atoms with Gasteiger partial charge in [0.05, 0.1) is 11.8 Å². The van der Waals surface area contributed by atoms with Crippen LogP contribution in [-0.2, 0) is 0 Å². The minimum absolute atomic E-state index is 0.0394. The zero-order valence-electron chi connectivity index (χ0n) is 5.44. The quantitative estimate of drug-likeness (QED) is 0.534. The predicted octanol–water partition coefficient (Wildman–Crippen LogP) is 5.19. The SMILES string of the molecule is ClCC(Cl)(Cl)Cl.ClCC(Cl)(Cl)Cl. The molecule has 0 radical (unpaired) electrons. The lowest BCUT2D eigenvalue weighted by atomic mass is 10.9. The molecule has 76 valence electrons. The Bertz CT molecular complexity index is 84.6. The van der Waals surface area contributed by atoms with Crippen molar-refractivity contribution in [3.8, 4) is 0 Å². The van der Waals surface area contributed by atoms with E-state index in [1.54, 1.807) is 0 Å². The Morgan fingerprint density at radius 1 is 0.583 bits per heavy atom. The van der Waals surface area contributed by atoms with E-state index in [4.69, 9.17) is 92.8 Å². The summed E-state index contributed by atoms with van der Waals surface area (Å²) in [4.78, 5) is 0. The third kappa shape index (κ3) is 22.8. The normalized spacial score (nSPS) is 12.0. The first kappa shape index (κ1) is 16.7. The minimum Gasteiger partial charge on any atom is -0.122 e. The van der Waals surface area contributed by atoms with E-state index in [2.05, 4.69) is 0 Å². The summed E-state index contributed by atoms with van der Waals surface area (Å²) in [6.45, 7) is 0. The van der Waals surface area contributed by atoms with E-state index in [0.717, 1.165) is 0 Å². The van der Waals surface area contributed by atoms with Crippen molar-refractivity contribution in [1.82, 2.24) is 0 Å². The van der Waals surface area contributed by atoms with Crippen molar-refractivity contribution >= 4 is 92.8 Å². The topological polar surface area (TPSA) is 0 Å². The van der Waals surface area contributed by atoms with E-state index in [1.165, 1.54) is 0 Å². The Morgan fingerprint density at radius 3 is 0.667 bits per heavy atom. The molecule has 0 N–H and O–H groups in total. The van der Waals surface area contributed by atoms with Gasteiger partial charge < -0.3 is 0 Å². The summed E-state index contributed by atoms with van der Waals surface area (Å²) < 4.78 is -2.55. The fourth-order valence-corrected chi connectivity index (χ4v) is 0. The van der Waals surface area contributed by atoms with Gasteiger partial charge in [0.25, 0.3) is 0 Å². The van der Waals surface area contributed by atoms with E-state index in [0.29, 0.717) is 0 Å². The van der Waals surface area contributed by atoms with Crippen molar-refractivity contribution in [2.45, 2.75) is 7.59 Å². The van der Waals surface area contributed by atoms with Crippen LogP contribution in [0.3, 0.4) is 0 Å². The van der Waals surface area contributed by atoms with Crippen molar-refractivity contribution in [3.05, 3.63) is 0 Å². The highest BCUT2D eigenvalue weighted by Crippen LogP contribution is 2.27. The number of rotatable bonds is 0. The molecule has 0 fully saturated rings. The smallest absolute Gasteiger partial charge is 0.122 e. The molecule has 8 heteroatoms. The number of hydrogen-bond acceptors (Lipinski definition) is 0. The maximum absolute atomic E-state index is 5.12. The van der Waals surface area contributed by atoms with Gasteiger partial charge in [-0.15, -0.1) is 23.2 Å². The lowest BCUT2D eigenvalue weighted by Crippen LogP contribution is -2.01. The highest BCUT2D eigenvalue weighted by atomic mass is 35.6. The zero-order valence-corrected chi connectivity index (χ0v) is 11.5. The molecule has 0 rings (SSSR count). The van der Waals surface area contributed by atoms with Gasteiger partial charge in [-0.2, -0.15) is 0 Å². The summed E-state index contributed by atoms with van der Waals surface area (Å²) in [5.74, 6) is 0.0787. The lowest BCUT2D eigenvalue weighted by molar-refractivity contribution is 1.28. The highest BCUT2D eigenvalue weighted by Gasteiger charge is 2.16. The Hall–Kier alpha value is 2.32. The molecular weight excluding hydrogens is 332 g/mol. The van der Waals surface area contributed by atoms with Gasteiger partial charge in [-0.05, 0) is 0 Å². The average molecular weight is 336 g/mol. The van der Waals surface area contributed by atoms with Crippen molar-refractivity contribution in [3.63, 3.8) is 0 Å². The van der Waals surface area contributed by atoms with E-state index in [-0.39, 0.29) is 11.8 Å². The summed E-state index contributed by atoms with van der Waals surface area (Å²) in [5, 5.41) is 0. The average Bonchev–Trinajstić information content (AvgIpc) is 1.86. The second-order valence-electron chi connectivity index (χ2n) is 1.50. The minimum atomic E-state index is -1.28. The van der Waals surface area contributed by atoms with Crippen LogP contribution in [-0.4, -0.2) is 19.3 Å². The molecule has 0 nitrogen and oxygen atoms in total. The van der Waals surface area contributed by atoms with Crippen LogP contribution in [0.25, 0.3) is 0 Å². The fraction of sp³-hybridized carbons (Fsp3) is 1.00. The molecule has 0 spiro atoms. The van der Waals surface area contributed by atoms with Crippen LogP contribution >= 0.6 is 92.8 Å². The molecule has 0 aromatic rings. The summed E-state index contributed by atoms with van der Waals surface area (Å²) in [6, 6.07) is 0. The third-order valence-electron chi connectivity index (χ3n) is 0.303. The van der Waals surface area contributed by atoms with Crippen LogP contribution in [0, 0.1) is 0 Å². The van der Waals surface area contributed by atoms with E-state index >= 15 is 0 Å². The van der Waals surface area contributed by atoms with Gasteiger partial charge in [0.15, 0.2) is 0 Å². The molecule has 0 aliphatic carbocycles. The molecule has 0 aliphatic heterocycles. The monoisotopic (exact) mass is 332 g/mol. The summed E-state index contributed by atoms with van der Waals surface area (Å²) in [7, 11) is 0. The van der Waals surface area contributed by atoms with Crippen molar-refractivity contribution in [2.75, 3.05) is 11.8 Å². The fourth-order valence-electron chi connectivity index (χ4n) is 0. The van der Waals surface area contributed by atoms with E-state index in [1.807, 2.05) is 0 Å². The van der Waals surface area contributed by atoms with Crippen molar-refractivity contribution in [1.29, 1.82) is 0 Å². The van der Waals surface area contributed by atoms with Crippen LogP contribution < -0.4 is 0 Å².